The summed E-state index contributed by atoms with van der Waals surface area (Å²) in [4.78, 5) is 27.9. The fraction of sp³-hybridized carbons (Fsp3) is 0.462. The first-order chi connectivity index (χ1) is 15.9. The lowest BCUT2D eigenvalue weighted by atomic mass is 9.95. The van der Waals surface area contributed by atoms with Gasteiger partial charge < -0.3 is 10.2 Å². The molecule has 4 nitrogen and oxygen atoms in total. The lowest BCUT2D eigenvalue weighted by molar-refractivity contribution is -0.139. The molecule has 2 amide bonds. The molecule has 1 atom stereocenters. The molecule has 33 heavy (non-hydrogen) atoms. The van der Waals surface area contributed by atoms with Gasteiger partial charge >= 0.3 is 0 Å². The van der Waals surface area contributed by atoms with Gasteiger partial charge in [-0.25, -0.2) is 4.39 Å². The number of benzene rings is 2. The first kappa shape index (κ1) is 25.6. The van der Waals surface area contributed by atoms with Crippen molar-refractivity contribution in [2.45, 2.75) is 70.3 Å². The standard InChI is InChI=1S/C26H32ClFN2O2S/c1-18-9-6-7-10-20(18)15-30(19(2)26(32)29-21-11-4-3-5-12-21)25(31)17-33-16-22-23(27)13-8-14-24(22)28/h6-10,13-14,19,21H,3-5,11-12,15-17H2,1-2H3,(H,29,32)/t19-/m0/s1. The molecule has 1 aliphatic carbocycles. The fourth-order valence-corrected chi connectivity index (χ4v) is 5.36. The topological polar surface area (TPSA) is 49.4 Å². The van der Waals surface area contributed by atoms with Crippen LogP contribution < -0.4 is 5.32 Å². The van der Waals surface area contributed by atoms with Gasteiger partial charge in [0, 0.05) is 28.9 Å². The van der Waals surface area contributed by atoms with Crippen molar-refractivity contribution >= 4 is 35.2 Å². The highest BCUT2D eigenvalue weighted by molar-refractivity contribution is 7.99. The second kappa shape index (κ2) is 12.4. The Morgan fingerprint density at radius 3 is 2.58 bits per heavy atom. The monoisotopic (exact) mass is 490 g/mol. The number of hydrogen-bond acceptors (Lipinski definition) is 3. The Morgan fingerprint density at radius 2 is 1.88 bits per heavy atom. The minimum Gasteiger partial charge on any atom is -0.352 e. The van der Waals surface area contributed by atoms with Crippen LogP contribution in [0.5, 0.6) is 0 Å². The Labute approximate surface area is 205 Å². The maximum absolute atomic E-state index is 14.1. The number of carbonyl (C=O) groups is 2. The van der Waals surface area contributed by atoms with Crippen molar-refractivity contribution in [1.82, 2.24) is 10.2 Å². The van der Waals surface area contributed by atoms with E-state index in [-0.39, 0.29) is 35.2 Å². The molecule has 0 radical (unpaired) electrons. The van der Waals surface area contributed by atoms with E-state index in [4.69, 9.17) is 11.6 Å². The lowest BCUT2D eigenvalue weighted by Crippen LogP contribution is -2.50. The van der Waals surface area contributed by atoms with Crippen LogP contribution in [0, 0.1) is 12.7 Å². The largest absolute Gasteiger partial charge is 0.352 e. The maximum Gasteiger partial charge on any atom is 0.242 e. The van der Waals surface area contributed by atoms with Crippen LogP contribution in [0.15, 0.2) is 42.5 Å². The molecule has 0 unspecified atom stereocenters. The zero-order valence-corrected chi connectivity index (χ0v) is 20.9. The summed E-state index contributed by atoms with van der Waals surface area (Å²) in [5.41, 5.74) is 2.47. The average Bonchev–Trinajstić information content (AvgIpc) is 2.80. The van der Waals surface area contributed by atoms with E-state index in [1.807, 2.05) is 31.2 Å². The molecule has 1 N–H and O–H groups in total. The number of nitrogens with one attached hydrogen (secondary N) is 1. The molecule has 0 heterocycles. The van der Waals surface area contributed by atoms with E-state index < -0.39 is 6.04 Å². The van der Waals surface area contributed by atoms with Crippen LogP contribution in [0.25, 0.3) is 0 Å². The van der Waals surface area contributed by atoms with Crippen LogP contribution in [-0.4, -0.2) is 34.6 Å². The summed E-state index contributed by atoms with van der Waals surface area (Å²) >= 11 is 7.42. The third-order valence-electron chi connectivity index (χ3n) is 6.25. The van der Waals surface area contributed by atoms with Gasteiger partial charge in [-0.3, -0.25) is 9.59 Å². The minimum atomic E-state index is -0.600. The van der Waals surface area contributed by atoms with Crippen LogP contribution in [0.2, 0.25) is 5.02 Å². The summed E-state index contributed by atoms with van der Waals surface area (Å²) in [6.07, 6.45) is 5.44. The normalized spacial score (nSPS) is 15.2. The molecule has 0 bridgehead atoms. The number of aryl methyl sites for hydroxylation is 1. The molecular weight excluding hydrogens is 459 g/mol. The van der Waals surface area contributed by atoms with Gasteiger partial charge in [-0.1, -0.05) is 61.2 Å². The van der Waals surface area contributed by atoms with Gasteiger partial charge in [0.1, 0.15) is 11.9 Å². The summed E-state index contributed by atoms with van der Waals surface area (Å²) < 4.78 is 14.1. The van der Waals surface area contributed by atoms with E-state index in [0.717, 1.165) is 36.8 Å². The molecule has 3 rings (SSSR count). The number of amides is 2. The van der Waals surface area contributed by atoms with Crippen molar-refractivity contribution in [3.8, 4) is 0 Å². The zero-order chi connectivity index (χ0) is 23.8. The highest BCUT2D eigenvalue weighted by atomic mass is 35.5. The highest BCUT2D eigenvalue weighted by Gasteiger charge is 2.28. The minimum absolute atomic E-state index is 0.119. The van der Waals surface area contributed by atoms with Crippen LogP contribution in [0.3, 0.4) is 0 Å². The van der Waals surface area contributed by atoms with Gasteiger partial charge in [-0.15, -0.1) is 11.8 Å². The number of thioether (sulfide) groups is 1. The number of nitrogens with zero attached hydrogens (tertiary/aromatic N) is 1. The van der Waals surface area contributed by atoms with Crippen LogP contribution in [-0.2, 0) is 21.9 Å². The maximum atomic E-state index is 14.1. The summed E-state index contributed by atoms with van der Waals surface area (Å²) in [6, 6.07) is 12.0. The summed E-state index contributed by atoms with van der Waals surface area (Å²) in [5, 5.41) is 3.50. The molecule has 0 aliphatic heterocycles. The van der Waals surface area contributed by atoms with Crippen LogP contribution in [0.1, 0.15) is 55.7 Å². The number of hydrogen-bond donors (Lipinski definition) is 1. The van der Waals surface area contributed by atoms with Crippen LogP contribution >= 0.6 is 23.4 Å². The Kier molecular flexibility index (Phi) is 9.63. The molecule has 2 aromatic rings. The predicted molar refractivity (Wildman–Crippen MR) is 134 cm³/mol. The van der Waals surface area contributed by atoms with E-state index in [9.17, 15) is 14.0 Å². The predicted octanol–water partition coefficient (Wildman–Crippen LogP) is 5.89. The van der Waals surface area contributed by atoms with Crippen molar-refractivity contribution < 1.29 is 14.0 Å². The van der Waals surface area contributed by atoms with E-state index in [1.165, 1.54) is 24.2 Å². The quantitative estimate of drug-likeness (QED) is 0.477. The summed E-state index contributed by atoms with van der Waals surface area (Å²) in [5.74, 6) is -0.220. The van der Waals surface area contributed by atoms with Crippen molar-refractivity contribution in [1.29, 1.82) is 0 Å². The molecular formula is C26H32ClFN2O2S. The van der Waals surface area contributed by atoms with E-state index in [0.29, 0.717) is 17.1 Å². The van der Waals surface area contributed by atoms with Gasteiger partial charge in [0.05, 0.1) is 5.75 Å². The van der Waals surface area contributed by atoms with Gasteiger partial charge in [0.2, 0.25) is 11.8 Å². The third-order valence-corrected chi connectivity index (χ3v) is 7.55. The smallest absolute Gasteiger partial charge is 0.242 e. The number of carbonyl (C=O) groups excluding carboxylic acids is 2. The number of rotatable bonds is 9. The van der Waals surface area contributed by atoms with E-state index >= 15 is 0 Å². The molecule has 0 saturated heterocycles. The van der Waals surface area contributed by atoms with Crippen LogP contribution in [0.4, 0.5) is 4.39 Å². The highest BCUT2D eigenvalue weighted by Crippen LogP contribution is 2.25. The van der Waals surface area contributed by atoms with Crippen molar-refractivity contribution in [2.75, 3.05) is 5.75 Å². The molecule has 2 aromatic carbocycles. The molecule has 0 aromatic heterocycles. The lowest BCUT2D eigenvalue weighted by Gasteiger charge is -2.31. The van der Waals surface area contributed by atoms with Gasteiger partial charge in [0.25, 0.3) is 0 Å². The van der Waals surface area contributed by atoms with Crippen molar-refractivity contribution in [2.24, 2.45) is 0 Å². The van der Waals surface area contributed by atoms with E-state index in [1.54, 1.807) is 24.0 Å². The second-order valence-electron chi connectivity index (χ2n) is 8.66. The molecule has 1 aliphatic rings. The van der Waals surface area contributed by atoms with Crippen molar-refractivity contribution in [3.63, 3.8) is 0 Å². The van der Waals surface area contributed by atoms with E-state index in [2.05, 4.69) is 5.32 Å². The summed E-state index contributed by atoms with van der Waals surface area (Å²) in [7, 11) is 0. The van der Waals surface area contributed by atoms with Gasteiger partial charge in [0.15, 0.2) is 0 Å². The molecule has 1 fully saturated rings. The SMILES string of the molecule is Cc1ccccc1CN(C(=O)CSCc1c(F)cccc1Cl)[C@@H](C)C(=O)NC1CCCCC1. The Morgan fingerprint density at radius 1 is 1.15 bits per heavy atom. The van der Waals surface area contributed by atoms with Gasteiger partial charge in [-0.2, -0.15) is 0 Å². The molecule has 1 saturated carbocycles. The van der Waals surface area contributed by atoms with Crippen molar-refractivity contribution in [3.05, 3.63) is 70.0 Å². The first-order valence-electron chi connectivity index (χ1n) is 11.5. The third kappa shape index (κ3) is 7.21. The summed E-state index contributed by atoms with van der Waals surface area (Å²) in [6.45, 7) is 4.14. The average molecular weight is 491 g/mol. The molecule has 0 spiro atoms. The molecule has 178 valence electrons. The molecule has 7 heteroatoms. The second-order valence-corrected chi connectivity index (χ2v) is 10.1. The Bertz CT molecular complexity index is 945. The Hall–Kier alpha value is -2.05. The zero-order valence-electron chi connectivity index (χ0n) is 19.3. The van der Waals surface area contributed by atoms with Gasteiger partial charge in [-0.05, 0) is 49.9 Å². The number of halogens is 2. The Balaban J connectivity index is 1.69. The fourth-order valence-electron chi connectivity index (χ4n) is 4.12. The first-order valence-corrected chi connectivity index (χ1v) is 13.0.